The highest BCUT2D eigenvalue weighted by atomic mass is 32.1. The molecule has 1 aromatic heterocycles. The van der Waals surface area contributed by atoms with Crippen LogP contribution in [0.4, 0.5) is 0 Å². The summed E-state index contributed by atoms with van der Waals surface area (Å²) in [7, 11) is 1.57. The summed E-state index contributed by atoms with van der Waals surface area (Å²) in [6, 6.07) is 7.47. The summed E-state index contributed by atoms with van der Waals surface area (Å²) in [5.74, 6) is 1.29. The van der Waals surface area contributed by atoms with Crippen molar-refractivity contribution in [1.29, 1.82) is 0 Å². The van der Waals surface area contributed by atoms with Gasteiger partial charge < -0.3 is 19.7 Å². The molecule has 2 aromatic rings. The molecule has 0 spiro atoms. The van der Waals surface area contributed by atoms with Crippen LogP contribution < -0.4 is 14.8 Å². The zero-order valence-electron chi connectivity index (χ0n) is 14.1. The van der Waals surface area contributed by atoms with E-state index in [1.54, 1.807) is 37.6 Å². The van der Waals surface area contributed by atoms with Gasteiger partial charge in [0, 0.05) is 18.2 Å². The van der Waals surface area contributed by atoms with E-state index in [2.05, 4.69) is 15.2 Å². The molecule has 1 aromatic carbocycles. The highest BCUT2D eigenvalue weighted by Crippen LogP contribution is 2.31. The molecule has 1 atom stereocenters. The van der Waals surface area contributed by atoms with Gasteiger partial charge in [0.05, 0.1) is 13.3 Å². The van der Waals surface area contributed by atoms with Gasteiger partial charge in [-0.05, 0) is 67.5 Å². The van der Waals surface area contributed by atoms with Crippen LogP contribution in [0.5, 0.6) is 16.0 Å². The van der Waals surface area contributed by atoms with Crippen LogP contribution in [0.15, 0.2) is 30.5 Å². The van der Waals surface area contributed by atoms with Crippen molar-refractivity contribution in [3.63, 3.8) is 0 Å². The van der Waals surface area contributed by atoms with Gasteiger partial charge in [-0.1, -0.05) is 0 Å². The summed E-state index contributed by atoms with van der Waals surface area (Å²) in [6.07, 6.45) is 4.00. The van der Waals surface area contributed by atoms with Gasteiger partial charge in [-0.15, -0.1) is 0 Å². The molecule has 2 bridgehead atoms. The van der Waals surface area contributed by atoms with E-state index >= 15 is 0 Å². The van der Waals surface area contributed by atoms with Gasteiger partial charge in [-0.3, -0.25) is 4.79 Å². The van der Waals surface area contributed by atoms with Crippen LogP contribution in [0.3, 0.4) is 0 Å². The third-order valence-electron chi connectivity index (χ3n) is 4.95. The Morgan fingerprint density at radius 2 is 2.04 bits per heavy atom. The molecule has 3 aliphatic rings. The fourth-order valence-corrected chi connectivity index (χ4v) is 4.16. The molecule has 4 heterocycles. The highest BCUT2D eigenvalue weighted by Gasteiger charge is 2.34. The lowest BCUT2D eigenvalue weighted by Gasteiger charge is -2.44. The first-order valence-corrected chi connectivity index (χ1v) is 9.34. The fourth-order valence-electron chi connectivity index (χ4n) is 3.56. The maximum Gasteiger partial charge on any atom is 0.276 e. The molecule has 0 radical (unpaired) electrons. The molecule has 0 unspecified atom stereocenters. The number of nitrogens with zero attached hydrogens (tertiary/aromatic N) is 2. The lowest BCUT2D eigenvalue weighted by Crippen LogP contribution is -2.57. The average molecular weight is 359 g/mol. The van der Waals surface area contributed by atoms with E-state index in [1.807, 2.05) is 0 Å². The number of fused-ring (bicyclic) bond motifs is 3. The number of piperidine rings is 3. The first-order valence-electron chi connectivity index (χ1n) is 8.52. The molecular formula is C18H21N3O3S. The van der Waals surface area contributed by atoms with Crippen molar-refractivity contribution in [2.75, 3.05) is 26.7 Å². The van der Waals surface area contributed by atoms with E-state index in [-0.39, 0.29) is 11.9 Å². The molecule has 6 nitrogen and oxygen atoms in total. The minimum atomic E-state index is -0.00948. The Morgan fingerprint density at radius 3 is 2.64 bits per heavy atom. The van der Waals surface area contributed by atoms with Gasteiger partial charge in [-0.2, -0.15) is 0 Å². The van der Waals surface area contributed by atoms with Gasteiger partial charge >= 0.3 is 0 Å². The van der Waals surface area contributed by atoms with Crippen molar-refractivity contribution in [3.05, 3.63) is 36.0 Å². The Morgan fingerprint density at radius 1 is 1.28 bits per heavy atom. The minimum Gasteiger partial charge on any atom is -0.473 e. The van der Waals surface area contributed by atoms with Crippen LogP contribution in [0.25, 0.3) is 0 Å². The predicted octanol–water partition coefficient (Wildman–Crippen LogP) is 2.77. The molecule has 3 fully saturated rings. The van der Waals surface area contributed by atoms with Crippen molar-refractivity contribution >= 4 is 17.2 Å². The molecule has 0 aliphatic carbocycles. The zero-order chi connectivity index (χ0) is 17.2. The van der Waals surface area contributed by atoms with E-state index < -0.39 is 0 Å². The molecule has 25 heavy (non-hydrogen) atoms. The first-order chi connectivity index (χ1) is 12.2. The molecule has 5 rings (SSSR count). The van der Waals surface area contributed by atoms with Gasteiger partial charge in [0.15, 0.2) is 0 Å². The number of aromatic nitrogens is 1. The van der Waals surface area contributed by atoms with Crippen LogP contribution in [0.1, 0.15) is 23.2 Å². The van der Waals surface area contributed by atoms with E-state index in [0.29, 0.717) is 27.5 Å². The molecule has 3 aliphatic heterocycles. The van der Waals surface area contributed by atoms with E-state index in [1.165, 1.54) is 37.3 Å². The second-order valence-electron chi connectivity index (χ2n) is 6.49. The summed E-state index contributed by atoms with van der Waals surface area (Å²) < 4.78 is 10.8. The summed E-state index contributed by atoms with van der Waals surface area (Å²) in [6.45, 7) is 3.32. The minimum absolute atomic E-state index is 0.00948. The third-order valence-corrected chi connectivity index (χ3v) is 5.78. The van der Waals surface area contributed by atoms with E-state index in [4.69, 9.17) is 9.47 Å². The van der Waals surface area contributed by atoms with Crippen molar-refractivity contribution in [1.82, 2.24) is 15.2 Å². The van der Waals surface area contributed by atoms with Gasteiger partial charge in [0.1, 0.15) is 5.75 Å². The van der Waals surface area contributed by atoms with Crippen LogP contribution in [-0.4, -0.2) is 48.6 Å². The molecular weight excluding hydrogens is 338 g/mol. The Labute approximate surface area is 150 Å². The summed E-state index contributed by atoms with van der Waals surface area (Å²) in [5, 5.41) is 4.41. The second kappa shape index (κ2) is 7.01. The third kappa shape index (κ3) is 3.62. The maximum absolute atomic E-state index is 12.5. The number of rotatable bonds is 5. The number of ether oxygens (including phenoxy) is 2. The maximum atomic E-state index is 12.5. The van der Waals surface area contributed by atoms with Gasteiger partial charge in [0.2, 0.25) is 5.06 Å². The van der Waals surface area contributed by atoms with Crippen molar-refractivity contribution in [3.8, 4) is 16.0 Å². The van der Waals surface area contributed by atoms with Crippen molar-refractivity contribution < 1.29 is 14.3 Å². The van der Waals surface area contributed by atoms with Gasteiger partial charge in [-0.25, -0.2) is 4.98 Å². The SMILES string of the molecule is COc1ncc(Oc2ccc(C(=O)N[C@H]3CN4CCC3CC4)cc2)s1. The Kier molecular flexibility index (Phi) is 4.59. The monoisotopic (exact) mass is 359 g/mol. The van der Waals surface area contributed by atoms with E-state index in [0.717, 1.165) is 6.54 Å². The summed E-state index contributed by atoms with van der Waals surface area (Å²) in [5.41, 5.74) is 0.658. The summed E-state index contributed by atoms with van der Waals surface area (Å²) >= 11 is 1.33. The van der Waals surface area contributed by atoms with E-state index in [9.17, 15) is 4.79 Å². The number of methoxy groups -OCH3 is 1. The zero-order valence-corrected chi connectivity index (χ0v) is 14.9. The Bertz CT molecular complexity index is 738. The smallest absolute Gasteiger partial charge is 0.276 e. The molecule has 7 heteroatoms. The lowest BCUT2D eigenvalue weighted by atomic mass is 9.84. The van der Waals surface area contributed by atoms with Crippen LogP contribution in [-0.2, 0) is 0 Å². The lowest BCUT2D eigenvalue weighted by molar-refractivity contribution is 0.0620. The average Bonchev–Trinajstić information content (AvgIpc) is 3.11. The molecule has 1 amide bonds. The number of benzene rings is 1. The van der Waals surface area contributed by atoms with Crippen molar-refractivity contribution in [2.45, 2.75) is 18.9 Å². The van der Waals surface area contributed by atoms with Crippen LogP contribution in [0, 0.1) is 5.92 Å². The fraction of sp³-hybridized carbons (Fsp3) is 0.444. The number of carbonyl (C=O) groups is 1. The highest BCUT2D eigenvalue weighted by molar-refractivity contribution is 7.15. The number of amides is 1. The second-order valence-corrected chi connectivity index (χ2v) is 7.45. The summed E-state index contributed by atoms with van der Waals surface area (Å²) in [4.78, 5) is 19.0. The largest absolute Gasteiger partial charge is 0.473 e. The number of carbonyl (C=O) groups excluding carboxylic acids is 1. The normalized spacial score (nSPS) is 24.8. The molecule has 3 saturated heterocycles. The topological polar surface area (TPSA) is 63.7 Å². The Hall–Kier alpha value is -2.12. The quantitative estimate of drug-likeness (QED) is 0.889. The predicted molar refractivity (Wildman–Crippen MR) is 95.6 cm³/mol. The Balaban J connectivity index is 1.37. The first kappa shape index (κ1) is 16.4. The standard InChI is InChI=1S/C18H21N3O3S/c1-23-18-19-10-16(25-18)24-14-4-2-13(3-5-14)17(22)20-15-11-21-8-6-12(15)7-9-21/h2-5,10,12,15H,6-9,11H2,1H3,(H,20,22)/t15-/m0/s1. The van der Waals surface area contributed by atoms with Gasteiger partial charge in [0.25, 0.3) is 11.1 Å². The molecule has 132 valence electrons. The van der Waals surface area contributed by atoms with Crippen molar-refractivity contribution in [2.24, 2.45) is 5.92 Å². The number of nitrogens with one attached hydrogen (secondary N) is 1. The number of thiazole rings is 1. The number of hydrogen-bond donors (Lipinski definition) is 1. The molecule has 1 N–H and O–H groups in total. The van der Waals surface area contributed by atoms with Crippen LogP contribution >= 0.6 is 11.3 Å². The number of hydrogen-bond acceptors (Lipinski definition) is 6. The molecule has 0 saturated carbocycles. The van der Waals surface area contributed by atoms with Crippen LogP contribution in [0.2, 0.25) is 0 Å².